The number of carbonyl (C=O) groups excluding carboxylic acids is 2. The molecular weight excluding hydrogens is 420 g/mol. The Morgan fingerprint density at radius 1 is 1.03 bits per heavy atom. The van der Waals surface area contributed by atoms with Gasteiger partial charge in [-0.1, -0.05) is 37.3 Å². The van der Waals surface area contributed by atoms with Crippen molar-refractivity contribution < 1.29 is 18.7 Å². The van der Waals surface area contributed by atoms with E-state index in [-0.39, 0.29) is 24.0 Å². The maximum absolute atomic E-state index is 12.7. The number of aromatic nitrogens is 2. The van der Waals surface area contributed by atoms with Crippen molar-refractivity contribution in [2.75, 3.05) is 11.9 Å². The molecule has 4 aromatic rings. The molecular formula is C25H26N4O4. The molecule has 4 rings (SSSR count). The van der Waals surface area contributed by atoms with E-state index in [1.54, 1.807) is 23.0 Å². The van der Waals surface area contributed by atoms with Crippen LogP contribution in [0.2, 0.25) is 0 Å². The Kier molecular flexibility index (Phi) is 6.73. The monoisotopic (exact) mass is 446 g/mol. The number of hydrogen-bond acceptors (Lipinski definition) is 5. The number of carbonyl (C=O) groups is 2. The third-order valence-corrected chi connectivity index (χ3v) is 5.07. The fourth-order valence-corrected chi connectivity index (χ4v) is 3.34. The van der Waals surface area contributed by atoms with Crippen LogP contribution in [0.5, 0.6) is 5.75 Å². The summed E-state index contributed by atoms with van der Waals surface area (Å²) in [7, 11) is 0. The summed E-state index contributed by atoms with van der Waals surface area (Å²) in [6.45, 7) is 5.15. The zero-order valence-electron chi connectivity index (χ0n) is 18.6. The molecule has 0 saturated carbocycles. The molecule has 0 spiro atoms. The van der Waals surface area contributed by atoms with Crippen molar-refractivity contribution in [1.29, 1.82) is 0 Å². The van der Waals surface area contributed by atoms with Gasteiger partial charge in [0.05, 0.1) is 5.69 Å². The van der Waals surface area contributed by atoms with Crippen LogP contribution in [-0.4, -0.2) is 28.1 Å². The third kappa shape index (κ3) is 5.23. The maximum atomic E-state index is 12.7. The quantitative estimate of drug-likeness (QED) is 0.391. The van der Waals surface area contributed by atoms with E-state index in [4.69, 9.17) is 9.15 Å². The third-order valence-electron chi connectivity index (χ3n) is 5.07. The Labute approximate surface area is 191 Å². The second-order valence-corrected chi connectivity index (χ2v) is 7.52. The number of hydrogen-bond donors (Lipinski definition) is 2. The van der Waals surface area contributed by atoms with Crippen LogP contribution in [0.25, 0.3) is 10.8 Å². The first kappa shape index (κ1) is 22.1. The van der Waals surface area contributed by atoms with Crippen molar-refractivity contribution in [3.8, 4) is 5.75 Å². The maximum Gasteiger partial charge on any atom is 0.291 e. The number of furan rings is 1. The van der Waals surface area contributed by atoms with E-state index in [2.05, 4.69) is 15.7 Å². The van der Waals surface area contributed by atoms with Gasteiger partial charge >= 0.3 is 0 Å². The van der Waals surface area contributed by atoms with Gasteiger partial charge in [-0.25, -0.2) is 0 Å². The van der Waals surface area contributed by atoms with Gasteiger partial charge in [0, 0.05) is 19.3 Å². The SMILES string of the molecule is CCCNC(=O)c1nn(CC)cc1NC(=O)c1ccc(COc2ccc3ccccc3c2)o1. The molecule has 8 nitrogen and oxygen atoms in total. The van der Waals surface area contributed by atoms with Crippen molar-refractivity contribution >= 4 is 28.3 Å². The summed E-state index contributed by atoms with van der Waals surface area (Å²) in [5, 5.41) is 12.0. The van der Waals surface area contributed by atoms with E-state index in [0.717, 1.165) is 17.2 Å². The second-order valence-electron chi connectivity index (χ2n) is 7.52. The molecule has 2 aromatic carbocycles. The molecule has 0 aliphatic heterocycles. The fourth-order valence-electron chi connectivity index (χ4n) is 3.34. The summed E-state index contributed by atoms with van der Waals surface area (Å²) in [5.41, 5.74) is 0.505. The number of aryl methyl sites for hydroxylation is 1. The van der Waals surface area contributed by atoms with Crippen LogP contribution in [0.4, 0.5) is 5.69 Å². The number of ether oxygens (including phenoxy) is 1. The summed E-state index contributed by atoms with van der Waals surface area (Å²) in [5.74, 6) is 0.552. The molecule has 0 atom stereocenters. The largest absolute Gasteiger partial charge is 0.486 e. The summed E-state index contributed by atoms with van der Waals surface area (Å²) >= 11 is 0. The molecule has 33 heavy (non-hydrogen) atoms. The zero-order chi connectivity index (χ0) is 23.2. The Hall–Kier alpha value is -4.07. The highest BCUT2D eigenvalue weighted by atomic mass is 16.5. The topological polar surface area (TPSA) is 98.4 Å². The van der Waals surface area contributed by atoms with Crippen molar-refractivity contribution in [2.24, 2.45) is 0 Å². The van der Waals surface area contributed by atoms with E-state index >= 15 is 0 Å². The molecule has 0 aliphatic rings. The van der Waals surface area contributed by atoms with Crippen molar-refractivity contribution in [3.63, 3.8) is 0 Å². The van der Waals surface area contributed by atoms with Crippen LogP contribution in [0, 0.1) is 0 Å². The molecule has 2 N–H and O–H groups in total. The van der Waals surface area contributed by atoms with Crippen LogP contribution in [0.15, 0.2) is 65.2 Å². The van der Waals surface area contributed by atoms with Gasteiger partial charge in [-0.3, -0.25) is 14.3 Å². The van der Waals surface area contributed by atoms with Gasteiger partial charge in [0.1, 0.15) is 18.1 Å². The van der Waals surface area contributed by atoms with Crippen LogP contribution < -0.4 is 15.4 Å². The van der Waals surface area contributed by atoms with Gasteiger partial charge in [0.2, 0.25) is 0 Å². The first-order valence-electron chi connectivity index (χ1n) is 10.9. The molecule has 0 fully saturated rings. The highest BCUT2D eigenvalue weighted by molar-refractivity contribution is 6.07. The van der Waals surface area contributed by atoms with E-state index in [1.807, 2.05) is 56.3 Å². The van der Waals surface area contributed by atoms with E-state index in [9.17, 15) is 9.59 Å². The van der Waals surface area contributed by atoms with Gasteiger partial charge in [0.25, 0.3) is 11.8 Å². The number of nitrogens with one attached hydrogen (secondary N) is 2. The normalized spacial score (nSPS) is 10.8. The van der Waals surface area contributed by atoms with Crippen LogP contribution in [0.1, 0.15) is 47.1 Å². The number of anilines is 1. The van der Waals surface area contributed by atoms with Crippen molar-refractivity contribution in [2.45, 2.75) is 33.4 Å². The van der Waals surface area contributed by atoms with Gasteiger partial charge in [-0.05, 0) is 48.4 Å². The average molecular weight is 447 g/mol. The Morgan fingerprint density at radius 2 is 1.85 bits per heavy atom. The number of rotatable bonds is 9. The lowest BCUT2D eigenvalue weighted by molar-refractivity contribution is 0.0948. The van der Waals surface area contributed by atoms with Crippen LogP contribution in [-0.2, 0) is 13.2 Å². The predicted octanol–water partition coefficient (Wildman–Crippen LogP) is 4.62. The molecule has 8 heteroatoms. The van der Waals surface area contributed by atoms with Gasteiger partial charge in [0.15, 0.2) is 11.5 Å². The minimum Gasteiger partial charge on any atom is -0.486 e. The van der Waals surface area contributed by atoms with Crippen molar-refractivity contribution in [3.05, 3.63) is 78.0 Å². The molecule has 0 bridgehead atoms. The molecule has 0 saturated heterocycles. The standard InChI is InChI=1S/C25H26N4O4/c1-3-13-26-25(31)23-21(15-29(4-2)28-23)27-24(30)22-12-11-20(33-22)16-32-19-10-9-17-7-5-6-8-18(17)14-19/h5-12,14-15H,3-4,13,16H2,1-2H3,(H,26,31)(H,27,30). The Bertz CT molecular complexity index is 1270. The number of amides is 2. The molecule has 2 aromatic heterocycles. The first-order chi connectivity index (χ1) is 16.1. The smallest absolute Gasteiger partial charge is 0.291 e. The fraction of sp³-hybridized carbons (Fsp3) is 0.240. The van der Waals surface area contributed by atoms with E-state index in [0.29, 0.717) is 30.3 Å². The van der Waals surface area contributed by atoms with Gasteiger partial charge in [-0.15, -0.1) is 0 Å². The lowest BCUT2D eigenvalue weighted by Crippen LogP contribution is -2.26. The summed E-state index contributed by atoms with van der Waals surface area (Å²) in [4.78, 5) is 25.1. The highest BCUT2D eigenvalue weighted by Gasteiger charge is 2.20. The van der Waals surface area contributed by atoms with E-state index in [1.165, 1.54) is 0 Å². The highest BCUT2D eigenvalue weighted by Crippen LogP contribution is 2.22. The van der Waals surface area contributed by atoms with Gasteiger partial charge in [-0.2, -0.15) is 5.10 Å². The molecule has 0 aliphatic carbocycles. The molecule has 2 amide bonds. The molecule has 2 heterocycles. The summed E-state index contributed by atoms with van der Waals surface area (Å²) in [6.07, 6.45) is 2.43. The lowest BCUT2D eigenvalue weighted by Gasteiger charge is -2.06. The minimum atomic E-state index is -0.466. The summed E-state index contributed by atoms with van der Waals surface area (Å²) in [6, 6.07) is 17.2. The first-order valence-corrected chi connectivity index (χ1v) is 10.9. The Balaban J connectivity index is 1.41. The minimum absolute atomic E-state index is 0.122. The van der Waals surface area contributed by atoms with Crippen LogP contribution in [0.3, 0.4) is 0 Å². The predicted molar refractivity (Wildman–Crippen MR) is 125 cm³/mol. The van der Waals surface area contributed by atoms with Crippen LogP contribution >= 0.6 is 0 Å². The average Bonchev–Trinajstić information content (AvgIpc) is 3.48. The number of fused-ring (bicyclic) bond motifs is 1. The van der Waals surface area contributed by atoms with Gasteiger partial charge < -0.3 is 19.8 Å². The molecule has 0 unspecified atom stereocenters. The zero-order valence-corrected chi connectivity index (χ0v) is 18.6. The Morgan fingerprint density at radius 3 is 2.64 bits per heavy atom. The molecule has 0 radical (unpaired) electrons. The summed E-state index contributed by atoms with van der Waals surface area (Å²) < 4.78 is 13.1. The van der Waals surface area contributed by atoms with E-state index < -0.39 is 5.91 Å². The number of benzene rings is 2. The molecule has 170 valence electrons. The van der Waals surface area contributed by atoms with Crippen molar-refractivity contribution in [1.82, 2.24) is 15.1 Å². The second kappa shape index (κ2) is 10.0. The number of nitrogens with zero attached hydrogens (tertiary/aromatic N) is 2. The lowest BCUT2D eigenvalue weighted by atomic mass is 10.1.